The number of rotatable bonds is 4. The molecule has 5 heteroatoms. The third-order valence-electron chi connectivity index (χ3n) is 4.92. The average Bonchev–Trinajstić information content (AvgIpc) is 2.91. The molecule has 0 bridgehead atoms. The molecule has 1 unspecified atom stereocenters. The lowest BCUT2D eigenvalue weighted by Crippen LogP contribution is -2.29. The lowest BCUT2D eigenvalue weighted by molar-refractivity contribution is -0.125. The van der Waals surface area contributed by atoms with Crippen molar-refractivity contribution in [2.24, 2.45) is 0 Å². The highest BCUT2D eigenvalue weighted by molar-refractivity contribution is 7.78. The Kier molecular flexibility index (Phi) is 4.65. The largest absolute Gasteiger partial charge is 0.478 e. The van der Waals surface area contributed by atoms with Gasteiger partial charge in [-0.05, 0) is 35.7 Å². The van der Waals surface area contributed by atoms with Gasteiger partial charge in [-0.3, -0.25) is 4.79 Å². The molecule has 0 fully saturated rings. The van der Waals surface area contributed by atoms with Crippen molar-refractivity contribution in [3.8, 4) is 0 Å². The Hall–Kier alpha value is -2.76. The zero-order valence-corrected chi connectivity index (χ0v) is 16.5. The van der Waals surface area contributed by atoms with Crippen LogP contribution in [0.3, 0.4) is 0 Å². The molecule has 0 saturated heterocycles. The summed E-state index contributed by atoms with van der Waals surface area (Å²) in [4.78, 5) is 13.2. The summed E-state index contributed by atoms with van der Waals surface area (Å²) in [7, 11) is 0. The van der Waals surface area contributed by atoms with E-state index < -0.39 is 16.7 Å². The Morgan fingerprint density at radius 2 is 1.64 bits per heavy atom. The Balaban J connectivity index is 1.89. The maximum absolute atomic E-state index is 13.2. The summed E-state index contributed by atoms with van der Waals surface area (Å²) in [6.07, 6.45) is 0. The number of hydrogen-bond acceptors (Lipinski definition) is 3. The molecule has 1 N–H and O–H groups in total. The molecular weight excluding hydrogens is 372 g/mol. The van der Waals surface area contributed by atoms with Crippen LogP contribution in [0.1, 0.15) is 30.5 Å². The van der Waals surface area contributed by atoms with Crippen molar-refractivity contribution in [1.29, 1.82) is 0 Å². The monoisotopic (exact) mass is 392 g/mol. The molecule has 1 heterocycles. The average molecular weight is 392 g/mol. The van der Waals surface area contributed by atoms with Crippen LogP contribution in [-0.4, -0.2) is 20.1 Å². The van der Waals surface area contributed by atoms with Crippen LogP contribution < -0.4 is 0 Å². The quantitative estimate of drug-likeness (QED) is 0.648. The molecule has 0 saturated carbocycles. The van der Waals surface area contributed by atoms with Crippen molar-refractivity contribution in [3.63, 3.8) is 0 Å². The van der Waals surface area contributed by atoms with E-state index in [1.165, 1.54) is 0 Å². The van der Waals surface area contributed by atoms with Crippen LogP contribution in [0.15, 0.2) is 66.7 Å². The standard InChI is InChI=1S/C23H20O4S/c1-23(2)22(24)20(19-9-5-7-16-6-3-4-8-18(16)19)21(27-23)17-12-10-15(11-13-17)14-28(25)26/h3-13H,14H2,1-2H3,(H,25,26). The highest BCUT2D eigenvalue weighted by Crippen LogP contribution is 2.43. The molecular formula is C23H20O4S. The maximum atomic E-state index is 13.2. The van der Waals surface area contributed by atoms with Gasteiger partial charge >= 0.3 is 0 Å². The van der Waals surface area contributed by atoms with E-state index in [4.69, 9.17) is 9.29 Å². The number of fused-ring (bicyclic) bond motifs is 1. The number of hydrogen-bond donors (Lipinski definition) is 1. The third-order valence-corrected chi connectivity index (χ3v) is 5.50. The highest BCUT2D eigenvalue weighted by atomic mass is 32.2. The molecule has 3 aromatic rings. The van der Waals surface area contributed by atoms with Crippen LogP contribution in [0.2, 0.25) is 0 Å². The van der Waals surface area contributed by atoms with E-state index in [0.29, 0.717) is 11.3 Å². The van der Waals surface area contributed by atoms with Gasteiger partial charge < -0.3 is 9.29 Å². The van der Waals surface area contributed by atoms with Gasteiger partial charge in [0.25, 0.3) is 0 Å². The van der Waals surface area contributed by atoms with Gasteiger partial charge in [-0.25, -0.2) is 4.21 Å². The first-order valence-electron chi connectivity index (χ1n) is 9.00. The lowest BCUT2D eigenvalue weighted by Gasteiger charge is -2.18. The second-order valence-electron chi connectivity index (χ2n) is 7.34. The van der Waals surface area contributed by atoms with Crippen LogP contribution in [0, 0.1) is 0 Å². The first kappa shape index (κ1) is 18.6. The lowest BCUT2D eigenvalue weighted by atomic mass is 9.89. The number of ketones is 1. The van der Waals surface area contributed by atoms with Crippen molar-refractivity contribution in [2.75, 3.05) is 0 Å². The first-order valence-corrected chi connectivity index (χ1v) is 10.3. The van der Waals surface area contributed by atoms with Gasteiger partial charge in [0.05, 0.1) is 11.3 Å². The summed E-state index contributed by atoms with van der Waals surface area (Å²) in [5.41, 5.74) is 1.99. The van der Waals surface area contributed by atoms with E-state index in [-0.39, 0.29) is 11.5 Å². The minimum absolute atomic E-state index is 0.0561. The number of carbonyl (C=O) groups excluding carboxylic acids is 1. The first-order chi connectivity index (χ1) is 13.4. The molecule has 0 aromatic heterocycles. The van der Waals surface area contributed by atoms with E-state index in [9.17, 15) is 9.00 Å². The molecule has 0 aliphatic carbocycles. The summed E-state index contributed by atoms with van der Waals surface area (Å²) < 4.78 is 26.2. The molecule has 1 aliphatic heterocycles. The van der Waals surface area contributed by atoms with Gasteiger partial charge in [0.2, 0.25) is 5.78 Å². The summed E-state index contributed by atoms with van der Waals surface area (Å²) >= 11 is -1.89. The predicted molar refractivity (Wildman–Crippen MR) is 112 cm³/mol. The highest BCUT2D eigenvalue weighted by Gasteiger charge is 2.43. The second kappa shape index (κ2) is 7.00. The Morgan fingerprint density at radius 3 is 2.36 bits per heavy atom. The van der Waals surface area contributed by atoms with Gasteiger partial charge in [-0.1, -0.05) is 66.7 Å². The van der Waals surface area contributed by atoms with Crippen molar-refractivity contribution >= 4 is 39.0 Å². The van der Waals surface area contributed by atoms with Gasteiger partial charge in [-0.2, -0.15) is 0 Å². The summed E-state index contributed by atoms with van der Waals surface area (Å²) in [5.74, 6) is 0.559. The van der Waals surface area contributed by atoms with Crippen LogP contribution >= 0.6 is 0 Å². The number of ether oxygens (including phenoxy) is 1. The summed E-state index contributed by atoms with van der Waals surface area (Å²) in [6, 6.07) is 21.1. The molecule has 142 valence electrons. The molecule has 1 atom stereocenters. The predicted octanol–water partition coefficient (Wildman–Crippen LogP) is 4.81. The second-order valence-corrected chi connectivity index (χ2v) is 8.27. The Bertz CT molecular complexity index is 1120. The number of Topliss-reactive ketones (excluding diaryl/α,β-unsaturated/α-hetero) is 1. The van der Waals surface area contributed by atoms with Crippen LogP contribution in [0.25, 0.3) is 22.1 Å². The molecule has 0 radical (unpaired) electrons. The molecule has 4 rings (SSSR count). The normalized spacial score (nSPS) is 17.0. The molecule has 1 aliphatic rings. The van der Waals surface area contributed by atoms with Gasteiger partial charge in [0.1, 0.15) is 5.76 Å². The molecule has 4 nitrogen and oxygen atoms in total. The maximum Gasteiger partial charge on any atom is 0.210 e. The van der Waals surface area contributed by atoms with Crippen LogP contribution in [-0.2, 0) is 26.4 Å². The fourth-order valence-corrected chi connectivity index (χ4v) is 4.02. The SMILES string of the molecule is CC1(C)OC(c2ccc(CS(=O)O)cc2)=C(c2cccc3ccccc23)C1=O. The van der Waals surface area contributed by atoms with Crippen molar-refractivity contribution in [3.05, 3.63) is 83.4 Å². The van der Waals surface area contributed by atoms with Crippen molar-refractivity contribution < 1.29 is 18.3 Å². The molecule has 0 amide bonds. The van der Waals surface area contributed by atoms with Crippen LogP contribution in [0.5, 0.6) is 0 Å². The van der Waals surface area contributed by atoms with E-state index in [1.54, 1.807) is 26.0 Å². The zero-order chi connectivity index (χ0) is 19.9. The van der Waals surface area contributed by atoms with Gasteiger partial charge in [0.15, 0.2) is 16.7 Å². The minimum Gasteiger partial charge on any atom is -0.478 e. The van der Waals surface area contributed by atoms with Crippen LogP contribution in [0.4, 0.5) is 0 Å². The molecule has 0 spiro atoms. The molecule has 28 heavy (non-hydrogen) atoms. The number of carbonyl (C=O) groups is 1. The third kappa shape index (κ3) is 3.28. The van der Waals surface area contributed by atoms with Crippen molar-refractivity contribution in [1.82, 2.24) is 0 Å². The van der Waals surface area contributed by atoms with Gasteiger partial charge in [0, 0.05) is 5.56 Å². The Morgan fingerprint density at radius 1 is 0.964 bits per heavy atom. The minimum atomic E-state index is -1.89. The zero-order valence-electron chi connectivity index (χ0n) is 15.6. The van der Waals surface area contributed by atoms with E-state index in [2.05, 4.69) is 0 Å². The van der Waals surface area contributed by atoms with E-state index in [0.717, 1.165) is 27.5 Å². The fraction of sp³-hybridized carbons (Fsp3) is 0.174. The van der Waals surface area contributed by atoms with Crippen molar-refractivity contribution in [2.45, 2.75) is 25.2 Å². The van der Waals surface area contributed by atoms with E-state index in [1.807, 2.05) is 54.6 Å². The van der Waals surface area contributed by atoms with E-state index >= 15 is 0 Å². The number of benzene rings is 3. The fourth-order valence-electron chi connectivity index (χ4n) is 3.54. The molecule has 3 aromatic carbocycles. The Labute approximate surface area is 166 Å². The summed E-state index contributed by atoms with van der Waals surface area (Å²) in [5, 5.41) is 2.06. The topological polar surface area (TPSA) is 63.6 Å². The summed E-state index contributed by atoms with van der Waals surface area (Å²) in [6.45, 7) is 3.55. The van der Waals surface area contributed by atoms with Gasteiger partial charge in [-0.15, -0.1) is 0 Å². The smallest absolute Gasteiger partial charge is 0.210 e.